The van der Waals surface area contributed by atoms with Crippen LogP contribution in [0.2, 0.25) is 0 Å². The molecule has 0 unspecified atom stereocenters. The van der Waals surface area contributed by atoms with E-state index in [1.54, 1.807) is 0 Å². The maximum absolute atomic E-state index is 5.48. The van der Waals surface area contributed by atoms with Gasteiger partial charge in [-0.1, -0.05) is 12.8 Å². The van der Waals surface area contributed by atoms with Crippen molar-refractivity contribution in [3.05, 3.63) is 23.4 Å². The highest BCUT2D eigenvalue weighted by Crippen LogP contribution is 2.11. The molecule has 2 heterocycles. The van der Waals surface area contributed by atoms with Gasteiger partial charge >= 0.3 is 0 Å². The zero-order valence-corrected chi connectivity index (χ0v) is 11.2. The van der Waals surface area contributed by atoms with Gasteiger partial charge in [-0.2, -0.15) is 0 Å². The second-order valence-electron chi connectivity index (χ2n) is 4.71. The standard InChI is InChI=1S/C13H21N5/c1-10-9-13-17-16-12(18(13)11(2)15-10)7-5-3-4-6-8-14/h9H,3-8,14H2,1-2H3. The molecule has 0 fully saturated rings. The quantitative estimate of drug-likeness (QED) is 0.790. The van der Waals surface area contributed by atoms with Crippen LogP contribution in [0.1, 0.15) is 43.0 Å². The van der Waals surface area contributed by atoms with Gasteiger partial charge in [0.2, 0.25) is 0 Å². The van der Waals surface area contributed by atoms with E-state index in [1.165, 1.54) is 12.8 Å². The minimum Gasteiger partial charge on any atom is -0.330 e. The molecule has 0 aromatic carbocycles. The Hall–Kier alpha value is -1.49. The smallest absolute Gasteiger partial charge is 0.164 e. The molecular formula is C13H21N5. The van der Waals surface area contributed by atoms with E-state index in [9.17, 15) is 0 Å². The van der Waals surface area contributed by atoms with E-state index in [0.29, 0.717) is 0 Å². The third-order valence-corrected chi connectivity index (χ3v) is 3.11. The van der Waals surface area contributed by atoms with E-state index < -0.39 is 0 Å². The van der Waals surface area contributed by atoms with E-state index in [4.69, 9.17) is 5.73 Å². The number of hydrogen-bond donors (Lipinski definition) is 1. The van der Waals surface area contributed by atoms with Crippen LogP contribution in [0.5, 0.6) is 0 Å². The average Bonchev–Trinajstić information content (AvgIpc) is 2.72. The first-order chi connectivity index (χ1) is 8.72. The normalized spacial score (nSPS) is 11.3. The topological polar surface area (TPSA) is 69.1 Å². The van der Waals surface area contributed by atoms with Crippen LogP contribution in [0, 0.1) is 13.8 Å². The lowest BCUT2D eigenvalue weighted by atomic mass is 10.1. The monoisotopic (exact) mass is 247 g/mol. The van der Waals surface area contributed by atoms with Crippen molar-refractivity contribution in [2.24, 2.45) is 5.73 Å². The molecule has 5 nitrogen and oxygen atoms in total. The van der Waals surface area contributed by atoms with Crippen molar-refractivity contribution in [1.82, 2.24) is 19.6 Å². The molecule has 2 aromatic rings. The fourth-order valence-corrected chi connectivity index (χ4v) is 2.24. The van der Waals surface area contributed by atoms with Crippen LogP contribution >= 0.6 is 0 Å². The molecule has 0 aliphatic rings. The zero-order chi connectivity index (χ0) is 13.0. The third-order valence-electron chi connectivity index (χ3n) is 3.11. The molecule has 0 amide bonds. The number of unbranched alkanes of at least 4 members (excludes halogenated alkanes) is 3. The van der Waals surface area contributed by atoms with Gasteiger partial charge in [-0.3, -0.25) is 4.40 Å². The Morgan fingerprint density at radius 2 is 1.89 bits per heavy atom. The maximum atomic E-state index is 5.48. The summed E-state index contributed by atoms with van der Waals surface area (Å²) in [7, 11) is 0. The van der Waals surface area contributed by atoms with Crippen LogP contribution in [-0.2, 0) is 6.42 Å². The number of hydrogen-bond acceptors (Lipinski definition) is 4. The van der Waals surface area contributed by atoms with E-state index in [-0.39, 0.29) is 0 Å². The molecule has 18 heavy (non-hydrogen) atoms. The van der Waals surface area contributed by atoms with Gasteiger partial charge in [0, 0.05) is 18.2 Å². The van der Waals surface area contributed by atoms with Gasteiger partial charge in [-0.05, 0) is 33.2 Å². The van der Waals surface area contributed by atoms with Gasteiger partial charge in [-0.25, -0.2) is 4.98 Å². The molecule has 0 aliphatic heterocycles. The largest absolute Gasteiger partial charge is 0.330 e. The van der Waals surface area contributed by atoms with Gasteiger partial charge in [0.1, 0.15) is 11.6 Å². The van der Waals surface area contributed by atoms with Crippen LogP contribution in [-0.4, -0.2) is 26.1 Å². The Kier molecular flexibility index (Phi) is 4.25. The molecule has 5 heteroatoms. The maximum Gasteiger partial charge on any atom is 0.164 e. The highest BCUT2D eigenvalue weighted by atomic mass is 15.3. The molecule has 0 saturated heterocycles. The Morgan fingerprint density at radius 3 is 2.67 bits per heavy atom. The summed E-state index contributed by atoms with van der Waals surface area (Å²) in [6.07, 6.45) is 5.60. The summed E-state index contributed by atoms with van der Waals surface area (Å²) in [6, 6.07) is 1.97. The molecular weight excluding hydrogens is 226 g/mol. The summed E-state index contributed by atoms with van der Waals surface area (Å²) in [5.74, 6) is 1.98. The van der Waals surface area contributed by atoms with Crippen molar-refractivity contribution in [3.8, 4) is 0 Å². The Labute approximate surface area is 107 Å². The van der Waals surface area contributed by atoms with Crippen molar-refractivity contribution in [2.45, 2.75) is 46.0 Å². The second-order valence-corrected chi connectivity index (χ2v) is 4.71. The lowest BCUT2D eigenvalue weighted by Crippen LogP contribution is -2.02. The van der Waals surface area contributed by atoms with E-state index in [2.05, 4.69) is 19.6 Å². The van der Waals surface area contributed by atoms with E-state index in [0.717, 1.165) is 48.8 Å². The van der Waals surface area contributed by atoms with Crippen molar-refractivity contribution in [1.29, 1.82) is 0 Å². The fraction of sp³-hybridized carbons (Fsp3) is 0.615. The minimum atomic E-state index is 0.788. The predicted molar refractivity (Wildman–Crippen MR) is 71.5 cm³/mol. The third kappa shape index (κ3) is 2.85. The molecule has 0 bridgehead atoms. The van der Waals surface area contributed by atoms with Crippen LogP contribution in [0.3, 0.4) is 0 Å². The van der Waals surface area contributed by atoms with Crippen LogP contribution in [0.25, 0.3) is 5.65 Å². The average molecular weight is 247 g/mol. The number of fused-ring (bicyclic) bond motifs is 1. The molecule has 0 atom stereocenters. The molecule has 98 valence electrons. The highest BCUT2D eigenvalue weighted by molar-refractivity contribution is 5.39. The first-order valence-electron chi connectivity index (χ1n) is 6.60. The summed E-state index contributed by atoms with van der Waals surface area (Å²) in [5, 5.41) is 8.47. The molecule has 2 N–H and O–H groups in total. The van der Waals surface area contributed by atoms with Crippen LogP contribution in [0.4, 0.5) is 0 Å². The summed E-state index contributed by atoms with van der Waals surface area (Å²) in [6.45, 7) is 4.77. The summed E-state index contributed by atoms with van der Waals surface area (Å²) in [4.78, 5) is 4.46. The second kappa shape index (κ2) is 5.91. The molecule has 2 rings (SSSR count). The van der Waals surface area contributed by atoms with Gasteiger partial charge in [0.15, 0.2) is 5.65 Å². The van der Waals surface area contributed by atoms with Gasteiger partial charge in [0.05, 0.1) is 0 Å². The number of aromatic nitrogens is 4. The highest BCUT2D eigenvalue weighted by Gasteiger charge is 2.08. The summed E-state index contributed by atoms with van der Waals surface area (Å²) in [5.41, 5.74) is 7.37. The van der Waals surface area contributed by atoms with Crippen LogP contribution < -0.4 is 5.73 Å². The number of nitrogens with zero attached hydrogens (tertiary/aromatic N) is 4. The number of nitrogens with two attached hydrogens (primary N) is 1. The molecule has 2 aromatic heterocycles. The van der Waals surface area contributed by atoms with Crippen molar-refractivity contribution < 1.29 is 0 Å². The number of rotatable bonds is 6. The number of aryl methyl sites for hydroxylation is 3. The van der Waals surface area contributed by atoms with Crippen LogP contribution in [0.15, 0.2) is 6.07 Å². The SMILES string of the molecule is Cc1cc2nnc(CCCCCCN)n2c(C)n1. The molecule has 0 saturated carbocycles. The molecule has 0 aliphatic carbocycles. The predicted octanol–water partition coefficient (Wildman–Crippen LogP) is 1.80. The summed E-state index contributed by atoms with van der Waals surface area (Å²) < 4.78 is 2.05. The van der Waals surface area contributed by atoms with Gasteiger partial charge < -0.3 is 5.73 Å². The Balaban J connectivity index is 2.05. The first-order valence-corrected chi connectivity index (χ1v) is 6.60. The van der Waals surface area contributed by atoms with Crippen molar-refractivity contribution in [2.75, 3.05) is 6.54 Å². The zero-order valence-electron chi connectivity index (χ0n) is 11.2. The lowest BCUT2D eigenvalue weighted by molar-refractivity contribution is 0.631. The summed E-state index contributed by atoms with van der Waals surface area (Å²) >= 11 is 0. The van der Waals surface area contributed by atoms with Gasteiger partial charge in [-0.15, -0.1) is 10.2 Å². The Bertz CT molecular complexity index is 517. The Morgan fingerprint density at radius 1 is 1.11 bits per heavy atom. The van der Waals surface area contributed by atoms with Crippen molar-refractivity contribution in [3.63, 3.8) is 0 Å². The minimum absolute atomic E-state index is 0.788. The van der Waals surface area contributed by atoms with Crippen molar-refractivity contribution >= 4 is 5.65 Å². The van der Waals surface area contributed by atoms with E-state index in [1.807, 2.05) is 19.9 Å². The first kappa shape index (κ1) is 13.0. The van der Waals surface area contributed by atoms with E-state index >= 15 is 0 Å². The molecule has 0 spiro atoms. The van der Waals surface area contributed by atoms with Gasteiger partial charge in [0.25, 0.3) is 0 Å². The lowest BCUT2D eigenvalue weighted by Gasteiger charge is -2.04. The fourth-order valence-electron chi connectivity index (χ4n) is 2.24. The molecule has 0 radical (unpaired) electrons.